The van der Waals surface area contributed by atoms with E-state index in [0.717, 1.165) is 11.3 Å². The third-order valence-corrected chi connectivity index (χ3v) is 5.17. The molecule has 0 radical (unpaired) electrons. The van der Waals surface area contributed by atoms with Crippen molar-refractivity contribution in [3.63, 3.8) is 0 Å². The molecular formula is C19H18ClN5OS. The maximum atomic E-state index is 12.3. The van der Waals surface area contributed by atoms with E-state index in [2.05, 4.69) is 27.1 Å². The lowest BCUT2D eigenvalue weighted by Crippen LogP contribution is -2.15. The summed E-state index contributed by atoms with van der Waals surface area (Å²) in [6, 6.07) is 11.0. The Morgan fingerprint density at radius 3 is 2.89 bits per heavy atom. The molecule has 1 amide bonds. The minimum absolute atomic E-state index is 0.141. The number of carbonyl (C=O) groups is 1. The molecule has 0 atom stereocenters. The summed E-state index contributed by atoms with van der Waals surface area (Å²) < 4.78 is 1.89. The summed E-state index contributed by atoms with van der Waals surface area (Å²) in [6.07, 6.45) is 3.46. The highest BCUT2D eigenvalue weighted by molar-refractivity contribution is 7.99. The van der Waals surface area contributed by atoms with Crippen LogP contribution in [0.5, 0.6) is 0 Å². The fourth-order valence-corrected chi connectivity index (χ4v) is 3.36. The van der Waals surface area contributed by atoms with Crippen LogP contribution in [0.4, 0.5) is 5.69 Å². The first kappa shape index (κ1) is 19.1. The van der Waals surface area contributed by atoms with E-state index in [4.69, 9.17) is 11.6 Å². The van der Waals surface area contributed by atoms with Gasteiger partial charge in [-0.25, -0.2) is 0 Å². The minimum Gasteiger partial charge on any atom is -0.325 e. The van der Waals surface area contributed by atoms with Crippen LogP contribution in [0.1, 0.15) is 5.56 Å². The number of pyridine rings is 1. The van der Waals surface area contributed by atoms with Gasteiger partial charge in [0.15, 0.2) is 11.0 Å². The highest BCUT2D eigenvalue weighted by atomic mass is 35.5. The van der Waals surface area contributed by atoms with Crippen LogP contribution in [-0.2, 0) is 11.3 Å². The molecule has 0 spiro atoms. The van der Waals surface area contributed by atoms with Gasteiger partial charge >= 0.3 is 0 Å². The van der Waals surface area contributed by atoms with Crippen LogP contribution in [-0.4, -0.2) is 31.4 Å². The van der Waals surface area contributed by atoms with Crippen LogP contribution in [0.2, 0.25) is 5.02 Å². The Morgan fingerprint density at radius 1 is 1.30 bits per heavy atom. The summed E-state index contributed by atoms with van der Waals surface area (Å²) in [6.45, 7) is 6.17. The van der Waals surface area contributed by atoms with E-state index in [9.17, 15) is 4.79 Å². The molecule has 0 unspecified atom stereocenters. The van der Waals surface area contributed by atoms with E-state index in [0.29, 0.717) is 28.2 Å². The van der Waals surface area contributed by atoms with Gasteiger partial charge in [0.05, 0.1) is 5.75 Å². The summed E-state index contributed by atoms with van der Waals surface area (Å²) in [4.78, 5) is 16.6. The number of halogens is 1. The number of hydrogen-bond acceptors (Lipinski definition) is 5. The zero-order valence-electron chi connectivity index (χ0n) is 14.7. The van der Waals surface area contributed by atoms with Crippen LogP contribution < -0.4 is 5.32 Å². The summed E-state index contributed by atoms with van der Waals surface area (Å²) in [5.74, 6) is 0.700. The van der Waals surface area contributed by atoms with Crippen LogP contribution in [0.15, 0.2) is 60.4 Å². The van der Waals surface area contributed by atoms with Crippen molar-refractivity contribution in [2.75, 3.05) is 11.1 Å². The molecule has 0 saturated heterocycles. The number of benzene rings is 1. The number of amides is 1. The van der Waals surface area contributed by atoms with E-state index in [-0.39, 0.29) is 11.7 Å². The average Bonchev–Trinajstić information content (AvgIpc) is 3.07. The largest absolute Gasteiger partial charge is 0.325 e. The Hall–Kier alpha value is -2.64. The summed E-state index contributed by atoms with van der Waals surface area (Å²) in [5.41, 5.74) is 2.26. The van der Waals surface area contributed by atoms with Gasteiger partial charge in [-0.1, -0.05) is 41.6 Å². The quantitative estimate of drug-likeness (QED) is 0.475. The van der Waals surface area contributed by atoms with Crippen molar-refractivity contribution < 1.29 is 4.79 Å². The number of anilines is 1. The van der Waals surface area contributed by atoms with Gasteiger partial charge in [-0.15, -0.1) is 16.8 Å². The molecule has 0 fully saturated rings. The van der Waals surface area contributed by atoms with Crippen LogP contribution in [0.3, 0.4) is 0 Å². The van der Waals surface area contributed by atoms with Gasteiger partial charge in [-0.3, -0.25) is 14.3 Å². The molecule has 138 valence electrons. The van der Waals surface area contributed by atoms with Gasteiger partial charge < -0.3 is 5.32 Å². The van der Waals surface area contributed by atoms with E-state index >= 15 is 0 Å². The first-order chi connectivity index (χ1) is 13.1. The van der Waals surface area contributed by atoms with E-state index in [1.54, 1.807) is 24.4 Å². The Morgan fingerprint density at radius 2 is 2.15 bits per heavy atom. The topological polar surface area (TPSA) is 72.7 Å². The summed E-state index contributed by atoms with van der Waals surface area (Å²) >= 11 is 7.40. The Balaban J connectivity index is 1.72. The molecule has 2 heterocycles. The number of nitrogens with one attached hydrogen (secondary N) is 1. The second-order valence-corrected chi connectivity index (χ2v) is 7.02. The number of thioether (sulfide) groups is 1. The first-order valence-corrected chi connectivity index (χ1v) is 9.59. The summed E-state index contributed by atoms with van der Waals surface area (Å²) in [7, 11) is 0. The number of hydrogen-bond donors (Lipinski definition) is 1. The molecule has 0 saturated carbocycles. The van der Waals surface area contributed by atoms with Crippen molar-refractivity contribution in [3.8, 4) is 11.5 Å². The molecule has 0 aliphatic carbocycles. The molecule has 0 aliphatic rings. The van der Waals surface area contributed by atoms with E-state index < -0.39 is 0 Å². The molecule has 27 heavy (non-hydrogen) atoms. The van der Waals surface area contributed by atoms with Gasteiger partial charge in [0.25, 0.3) is 0 Å². The second kappa shape index (κ2) is 8.83. The monoisotopic (exact) mass is 399 g/mol. The number of nitrogens with zero attached hydrogens (tertiary/aromatic N) is 4. The van der Waals surface area contributed by atoms with Crippen molar-refractivity contribution in [3.05, 3.63) is 65.8 Å². The van der Waals surface area contributed by atoms with Gasteiger partial charge in [0.1, 0.15) is 5.69 Å². The average molecular weight is 400 g/mol. The maximum absolute atomic E-state index is 12.3. The third kappa shape index (κ3) is 4.56. The molecule has 0 bridgehead atoms. The Bertz CT molecular complexity index is 958. The van der Waals surface area contributed by atoms with Crippen molar-refractivity contribution in [2.24, 2.45) is 0 Å². The summed E-state index contributed by atoms with van der Waals surface area (Å²) in [5, 5.41) is 12.6. The fraction of sp³-hybridized carbons (Fsp3) is 0.158. The predicted octanol–water partition coefficient (Wildman–Crippen LogP) is 4.22. The maximum Gasteiger partial charge on any atom is 0.234 e. The molecule has 0 aliphatic heterocycles. The molecule has 1 aromatic carbocycles. The van der Waals surface area contributed by atoms with Gasteiger partial charge in [-0.2, -0.15) is 0 Å². The van der Waals surface area contributed by atoms with Crippen molar-refractivity contribution in [1.82, 2.24) is 19.7 Å². The molecule has 3 rings (SSSR count). The lowest BCUT2D eigenvalue weighted by atomic mass is 10.2. The highest BCUT2D eigenvalue weighted by Crippen LogP contribution is 2.25. The van der Waals surface area contributed by atoms with Gasteiger partial charge in [-0.05, 0) is 36.8 Å². The lowest BCUT2D eigenvalue weighted by Gasteiger charge is -2.10. The molecule has 6 nitrogen and oxygen atoms in total. The SMILES string of the molecule is C=CCn1c(SCC(=O)Nc2cccc(Cl)c2C)nnc1-c1ccccn1. The van der Waals surface area contributed by atoms with Crippen molar-refractivity contribution >= 4 is 35.0 Å². The second-order valence-electron chi connectivity index (χ2n) is 5.67. The van der Waals surface area contributed by atoms with Crippen LogP contribution >= 0.6 is 23.4 Å². The third-order valence-electron chi connectivity index (χ3n) is 3.80. The zero-order valence-corrected chi connectivity index (χ0v) is 16.3. The number of aromatic nitrogens is 4. The Kier molecular flexibility index (Phi) is 6.26. The van der Waals surface area contributed by atoms with Crippen molar-refractivity contribution in [1.29, 1.82) is 0 Å². The number of rotatable bonds is 7. The molecular weight excluding hydrogens is 382 g/mol. The molecule has 2 aromatic heterocycles. The zero-order chi connectivity index (χ0) is 19.2. The molecule has 1 N–H and O–H groups in total. The number of carbonyl (C=O) groups excluding carboxylic acids is 1. The smallest absolute Gasteiger partial charge is 0.234 e. The van der Waals surface area contributed by atoms with E-state index in [1.165, 1.54) is 11.8 Å². The standard InChI is InChI=1S/C19H18ClN5OS/c1-3-11-25-18(16-8-4-5-10-21-16)23-24-19(25)27-12-17(26)22-15-9-6-7-14(20)13(15)2/h3-10H,1,11-12H2,2H3,(H,22,26). The van der Waals surface area contributed by atoms with Gasteiger partial charge in [0.2, 0.25) is 5.91 Å². The Labute approximate surface area is 166 Å². The van der Waals surface area contributed by atoms with Gasteiger partial charge in [0, 0.05) is 23.5 Å². The predicted molar refractivity (Wildman–Crippen MR) is 109 cm³/mol. The van der Waals surface area contributed by atoms with Crippen molar-refractivity contribution in [2.45, 2.75) is 18.6 Å². The minimum atomic E-state index is -0.141. The highest BCUT2D eigenvalue weighted by Gasteiger charge is 2.16. The number of allylic oxidation sites excluding steroid dienone is 1. The lowest BCUT2D eigenvalue weighted by molar-refractivity contribution is -0.113. The van der Waals surface area contributed by atoms with Crippen LogP contribution in [0, 0.1) is 6.92 Å². The van der Waals surface area contributed by atoms with Crippen LogP contribution in [0.25, 0.3) is 11.5 Å². The van der Waals surface area contributed by atoms with E-state index in [1.807, 2.05) is 35.8 Å². The molecule has 3 aromatic rings. The normalized spacial score (nSPS) is 10.6. The first-order valence-electron chi connectivity index (χ1n) is 8.23. The molecule has 8 heteroatoms. The fourth-order valence-electron chi connectivity index (χ4n) is 2.43.